The molecule has 1 aromatic rings. The number of nitrogens with zero attached hydrogens (tertiary/aromatic N) is 1. The van der Waals surface area contributed by atoms with Crippen molar-refractivity contribution in [2.24, 2.45) is 0 Å². The Morgan fingerprint density at radius 2 is 2.22 bits per heavy atom. The average molecular weight is 249 g/mol. The number of rotatable bonds is 4. The third kappa shape index (κ3) is 2.89. The zero-order valence-electron chi connectivity index (χ0n) is 10.8. The highest BCUT2D eigenvalue weighted by Crippen LogP contribution is 2.22. The molecule has 98 valence electrons. The lowest BCUT2D eigenvalue weighted by molar-refractivity contribution is 0.0669. The first-order valence-electron chi connectivity index (χ1n) is 6.13. The normalized spacial score (nSPS) is 24.2. The van der Waals surface area contributed by atoms with E-state index < -0.39 is 5.60 Å². The van der Waals surface area contributed by atoms with Crippen molar-refractivity contribution in [2.75, 3.05) is 26.7 Å². The second-order valence-electron chi connectivity index (χ2n) is 5.08. The summed E-state index contributed by atoms with van der Waals surface area (Å²) >= 11 is 0. The minimum absolute atomic E-state index is 0.0325. The smallest absolute Gasteiger partial charge is 0.180 e. The number of ketones is 1. The number of methoxy groups -OCH3 is 1. The summed E-state index contributed by atoms with van der Waals surface area (Å²) in [6, 6.07) is 7.23. The van der Waals surface area contributed by atoms with Gasteiger partial charge in [0.1, 0.15) is 5.75 Å². The highest BCUT2D eigenvalue weighted by Gasteiger charge is 2.32. The molecule has 0 aliphatic carbocycles. The molecule has 1 heterocycles. The minimum atomic E-state index is -0.666. The first kappa shape index (κ1) is 13.1. The van der Waals surface area contributed by atoms with E-state index in [1.807, 2.05) is 17.0 Å². The maximum Gasteiger partial charge on any atom is 0.180 e. The van der Waals surface area contributed by atoms with Gasteiger partial charge >= 0.3 is 0 Å². The van der Waals surface area contributed by atoms with Crippen LogP contribution < -0.4 is 4.74 Å². The molecular formula is C14H19NO3. The molecule has 1 atom stereocenters. The van der Waals surface area contributed by atoms with E-state index in [0.29, 0.717) is 30.8 Å². The number of hydrogen-bond donors (Lipinski definition) is 1. The molecule has 4 nitrogen and oxygen atoms in total. The predicted octanol–water partition coefficient (Wildman–Crippen LogP) is 1.33. The van der Waals surface area contributed by atoms with Gasteiger partial charge in [0.05, 0.1) is 24.8 Å². The molecule has 2 rings (SSSR count). The summed E-state index contributed by atoms with van der Waals surface area (Å²) in [5, 5.41) is 9.87. The molecule has 0 amide bonds. The van der Waals surface area contributed by atoms with E-state index in [1.54, 1.807) is 26.2 Å². The Morgan fingerprint density at radius 1 is 1.50 bits per heavy atom. The second kappa shape index (κ2) is 5.08. The molecule has 0 saturated carbocycles. The van der Waals surface area contributed by atoms with Gasteiger partial charge in [-0.15, -0.1) is 0 Å². The molecule has 4 heteroatoms. The number of ether oxygens (including phenoxy) is 1. The number of β-amino-alcohol motifs (C(OH)–C–C–N with tert-alkyl or cyclic N) is 1. The zero-order valence-corrected chi connectivity index (χ0v) is 10.8. The summed E-state index contributed by atoms with van der Waals surface area (Å²) in [5.41, 5.74) is -0.0623. The quantitative estimate of drug-likeness (QED) is 0.818. The van der Waals surface area contributed by atoms with Crippen molar-refractivity contribution in [1.29, 1.82) is 0 Å². The van der Waals surface area contributed by atoms with Crippen molar-refractivity contribution in [1.82, 2.24) is 4.90 Å². The fourth-order valence-corrected chi connectivity index (χ4v) is 2.34. The molecule has 1 aliphatic heterocycles. The Labute approximate surface area is 107 Å². The summed E-state index contributed by atoms with van der Waals surface area (Å²) in [5.74, 6) is 0.638. The van der Waals surface area contributed by atoms with Crippen LogP contribution in [-0.4, -0.2) is 48.1 Å². The molecular weight excluding hydrogens is 230 g/mol. The first-order valence-corrected chi connectivity index (χ1v) is 6.13. The van der Waals surface area contributed by atoms with Gasteiger partial charge in [0.15, 0.2) is 5.78 Å². The van der Waals surface area contributed by atoms with Gasteiger partial charge in [0, 0.05) is 13.1 Å². The largest absolute Gasteiger partial charge is 0.496 e. The summed E-state index contributed by atoms with van der Waals surface area (Å²) in [7, 11) is 1.56. The van der Waals surface area contributed by atoms with Crippen LogP contribution in [0.3, 0.4) is 0 Å². The number of para-hydroxylation sites is 1. The molecule has 0 aromatic heterocycles. The third-order valence-corrected chi connectivity index (χ3v) is 3.31. The van der Waals surface area contributed by atoms with Crippen molar-refractivity contribution in [3.63, 3.8) is 0 Å². The third-order valence-electron chi connectivity index (χ3n) is 3.31. The number of aliphatic hydroxyl groups is 1. The molecule has 1 aliphatic rings. The van der Waals surface area contributed by atoms with E-state index >= 15 is 0 Å². The number of carbonyl (C=O) groups excluding carboxylic acids is 1. The summed E-state index contributed by atoms with van der Waals surface area (Å²) in [6.45, 7) is 3.44. The fourth-order valence-electron chi connectivity index (χ4n) is 2.34. The zero-order chi connectivity index (χ0) is 13.2. The molecule has 1 N–H and O–H groups in total. The number of benzene rings is 1. The van der Waals surface area contributed by atoms with E-state index in [1.165, 1.54) is 0 Å². The van der Waals surface area contributed by atoms with E-state index in [-0.39, 0.29) is 5.78 Å². The van der Waals surface area contributed by atoms with E-state index in [2.05, 4.69) is 0 Å². The van der Waals surface area contributed by atoms with Crippen LogP contribution in [0.4, 0.5) is 0 Å². The predicted molar refractivity (Wildman–Crippen MR) is 69.0 cm³/mol. The molecule has 18 heavy (non-hydrogen) atoms. The number of likely N-dealkylation sites (tertiary alicyclic amines) is 1. The summed E-state index contributed by atoms with van der Waals surface area (Å²) in [4.78, 5) is 14.2. The van der Waals surface area contributed by atoms with Crippen molar-refractivity contribution in [3.8, 4) is 5.75 Å². The number of carbonyl (C=O) groups is 1. The van der Waals surface area contributed by atoms with Gasteiger partial charge in [-0.05, 0) is 25.5 Å². The minimum Gasteiger partial charge on any atom is -0.496 e. The molecule has 0 radical (unpaired) electrons. The fraction of sp³-hybridized carbons (Fsp3) is 0.500. The van der Waals surface area contributed by atoms with Crippen LogP contribution >= 0.6 is 0 Å². The highest BCUT2D eigenvalue weighted by atomic mass is 16.5. The van der Waals surface area contributed by atoms with Gasteiger partial charge in [0.25, 0.3) is 0 Å². The van der Waals surface area contributed by atoms with Crippen molar-refractivity contribution < 1.29 is 14.6 Å². The Morgan fingerprint density at radius 3 is 2.83 bits per heavy atom. The van der Waals surface area contributed by atoms with Crippen molar-refractivity contribution in [2.45, 2.75) is 18.9 Å². The lowest BCUT2D eigenvalue weighted by Gasteiger charge is -2.18. The second-order valence-corrected chi connectivity index (χ2v) is 5.08. The maximum atomic E-state index is 12.2. The topological polar surface area (TPSA) is 49.8 Å². The Kier molecular flexibility index (Phi) is 3.68. The lowest BCUT2D eigenvalue weighted by Crippen LogP contribution is -2.33. The van der Waals surface area contributed by atoms with E-state index in [9.17, 15) is 9.90 Å². The van der Waals surface area contributed by atoms with Crippen LogP contribution in [-0.2, 0) is 0 Å². The first-order chi connectivity index (χ1) is 8.52. The Bertz CT molecular complexity index is 442. The highest BCUT2D eigenvalue weighted by molar-refractivity contribution is 6.00. The molecule has 1 unspecified atom stereocenters. The van der Waals surface area contributed by atoms with Crippen LogP contribution in [0.2, 0.25) is 0 Å². The van der Waals surface area contributed by atoms with Gasteiger partial charge in [-0.1, -0.05) is 12.1 Å². The summed E-state index contributed by atoms with van der Waals surface area (Å²) in [6.07, 6.45) is 0.714. The molecule has 0 bridgehead atoms. The standard InChI is InChI=1S/C14H19NO3/c1-14(17)7-8-15(10-14)9-12(16)11-5-3-4-6-13(11)18-2/h3-6,17H,7-10H2,1-2H3. The number of hydrogen-bond acceptors (Lipinski definition) is 4. The van der Waals surface area contributed by atoms with Crippen LogP contribution in [0.5, 0.6) is 5.75 Å². The SMILES string of the molecule is COc1ccccc1C(=O)CN1CCC(C)(O)C1. The summed E-state index contributed by atoms with van der Waals surface area (Å²) < 4.78 is 5.18. The molecule has 1 aromatic carbocycles. The van der Waals surface area contributed by atoms with Gasteiger partial charge in [0.2, 0.25) is 0 Å². The van der Waals surface area contributed by atoms with Crippen LogP contribution in [0, 0.1) is 0 Å². The van der Waals surface area contributed by atoms with Crippen LogP contribution in [0.15, 0.2) is 24.3 Å². The van der Waals surface area contributed by atoms with E-state index in [4.69, 9.17) is 4.74 Å². The monoisotopic (exact) mass is 249 g/mol. The van der Waals surface area contributed by atoms with Crippen LogP contribution in [0.25, 0.3) is 0 Å². The van der Waals surface area contributed by atoms with Crippen molar-refractivity contribution in [3.05, 3.63) is 29.8 Å². The molecule has 1 saturated heterocycles. The Hall–Kier alpha value is -1.39. The van der Waals surface area contributed by atoms with Crippen LogP contribution in [0.1, 0.15) is 23.7 Å². The van der Waals surface area contributed by atoms with Gasteiger partial charge < -0.3 is 9.84 Å². The molecule has 0 spiro atoms. The molecule has 1 fully saturated rings. The van der Waals surface area contributed by atoms with Gasteiger partial charge in [-0.3, -0.25) is 9.69 Å². The van der Waals surface area contributed by atoms with Crippen molar-refractivity contribution >= 4 is 5.78 Å². The maximum absolute atomic E-state index is 12.2. The van der Waals surface area contributed by atoms with Gasteiger partial charge in [-0.2, -0.15) is 0 Å². The van der Waals surface area contributed by atoms with E-state index in [0.717, 1.165) is 6.54 Å². The van der Waals surface area contributed by atoms with Gasteiger partial charge in [-0.25, -0.2) is 0 Å². The average Bonchev–Trinajstić information content (AvgIpc) is 2.68. The Balaban J connectivity index is 2.04. The lowest BCUT2D eigenvalue weighted by atomic mass is 10.1. The number of Topliss-reactive ketones (excluding diaryl/α,β-unsaturated/α-hetero) is 1.